The van der Waals surface area contributed by atoms with E-state index in [1.54, 1.807) is 6.07 Å². The lowest BCUT2D eigenvalue weighted by molar-refractivity contribution is 0.0983. The number of nitrogens with zero attached hydrogens (tertiary/aromatic N) is 2. The second-order valence-electron chi connectivity index (χ2n) is 4.43. The monoisotopic (exact) mass is 266 g/mol. The van der Waals surface area contributed by atoms with E-state index >= 15 is 0 Å². The van der Waals surface area contributed by atoms with Gasteiger partial charge in [-0.15, -0.1) is 0 Å². The molecule has 0 aliphatic carbocycles. The van der Waals surface area contributed by atoms with Crippen LogP contribution in [0.1, 0.15) is 42.9 Å². The lowest BCUT2D eigenvalue weighted by Gasteiger charge is -2.05. The summed E-state index contributed by atoms with van der Waals surface area (Å²) in [4.78, 5) is 20.8. The average molecular weight is 266 g/mol. The van der Waals surface area contributed by atoms with Crippen molar-refractivity contribution in [3.8, 4) is 0 Å². The molecule has 0 spiro atoms. The largest absolute Gasteiger partial charge is 0.292 e. The van der Waals surface area contributed by atoms with Crippen molar-refractivity contribution in [2.24, 2.45) is 4.99 Å². The van der Waals surface area contributed by atoms with E-state index in [2.05, 4.69) is 9.98 Å². The van der Waals surface area contributed by atoms with E-state index < -0.39 is 0 Å². The van der Waals surface area contributed by atoms with Crippen LogP contribution >= 0.6 is 0 Å². The van der Waals surface area contributed by atoms with E-state index in [4.69, 9.17) is 0 Å². The zero-order chi connectivity index (χ0) is 14.4. The third-order valence-electron chi connectivity index (χ3n) is 3.01. The summed E-state index contributed by atoms with van der Waals surface area (Å²) in [6.45, 7) is 3.88. The number of benzene rings is 1. The average Bonchev–Trinajstić information content (AvgIpc) is 2.53. The van der Waals surface area contributed by atoms with Gasteiger partial charge in [0, 0.05) is 6.42 Å². The van der Waals surface area contributed by atoms with Crippen LogP contribution in [0.15, 0.2) is 53.5 Å². The van der Waals surface area contributed by atoms with Gasteiger partial charge in [-0.1, -0.05) is 38.1 Å². The number of pyridine rings is 1. The summed E-state index contributed by atoms with van der Waals surface area (Å²) >= 11 is 0. The molecule has 0 aliphatic rings. The Morgan fingerprint density at radius 2 is 1.65 bits per heavy atom. The molecule has 2 rings (SSSR count). The number of aromatic nitrogens is 1. The van der Waals surface area contributed by atoms with Gasteiger partial charge in [-0.3, -0.25) is 9.79 Å². The van der Waals surface area contributed by atoms with E-state index in [1.165, 1.54) is 0 Å². The molecule has 0 N–H and O–H groups in total. The lowest BCUT2D eigenvalue weighted by atomic mass is 10.1. The molecule has 0 amide bonds. The molecule has 1 heterocycles. The Bertz CT molecular complexity index is 618. The van der Waals surface area contributed by atoms with Crippen LogP contribution in [0.3, 0.4) is 0 Å². The minimum atomic E-state index is 0.0574. The Hall–Kier alpha value is -2.29. The SMILES string of the molecule is CCC(=O)c1cccc(C(CC)=Nc2ccccc2)n1. The van der Waals surface area contributed by atoms with Crippen molar-refractivity contribution in [3.63, 3.8) is 0 Å². The van der Waals surface area contributed by atoms with Gasteiger partial charge >= 0.3 is 0 Å². The molecular formula is C17H18N2O. The number of ketones is 1. The minimum absolute atomic E-state index is 0.0574. The second kappa shape index (κ2) is 6.75. The van der Waals surface area contributed by atoms with Gasteiger partial charge in [-0.05, 0) is 30.7 Å². The quantitative estimate of drug-likeness (QED) is 0.601. The van der Waals surface area contributed by atoms with Crippen LogP contribution in [0.2, 0.25) is 0 Å². The molecule has 0 bridgehead atoms. The molecule has 0 radical (unpaired) electrons. The normalized spacial score (nSPS) is 11.4. The molecule has 3 heteroatoms. The standard InChI is InChI=1S/C17H18N2O/c1-3-14(18-13-9-6-5-7-10-13)15-11-8-12-16(19-15)17(20)4-2/h5-12H,3-4H2,1-2H3. The van der Waals surface area contributed by atoms with E-state index in [9.17, 15) is 4.79 Å². The summed E-state index contributed by atoms with van der Waals surface area (Å²) in [7, 11) is 0. The second-order valence-corrected chi connectivity index (χ2v) is 4.43. The van der Waals surface area contributed by atoms with Crippen LogP contribution in [0.5, 0.6) is 0 Å². The van der Waals surface area contributed by atoms with Gasteiger partial charge in [0.25, 0.3) is 0 Å². The minimum Gasteiger partial charge on any atom is -0.292 e. The highest BCUT2D eigenvalue weighted by Gasteiger charge is 2.08. The van der Waals surface area contributed by atoms with E-state index in [0.717, 1.165) is 23.5 Å². The Kier molecular flexibility index (Phi) is 4.77. The molecule has 2 aromatic rings. The van der Waals surface area contributed by atoms with Crippen molar-refractivity contribution in [2.45, 2.75) is 26.7 Å². The zero-order valence-electron chi connectivity index (χ0n) is 11.8. The first-order chi connectivity index (χ1) is 9.74. The Morgan fingerprint density at radius 3 is 2.30 bits per heavy atom. The highest BCUT2D eigenvalue weighted by atomic mass is 16.1. The predicted molar refractivity (Wildman–Crippen MR) is 81.8 cm³/mol. The molecule has 102 valence electrons. The van der Waals surface area contributed by atoms with Crippen LogP contribution in [0.4, 0.5) is 5.69 Å². The predicted octanol–water partition coefficient (Wildman–Crippen LogP) is 4.21. The van der Waals surface area contributed by atoms with Crippen molar-refractivity contribution in [1.29, 1.82) is 0 Å². The topological polar surface area (TPSA) is 42.3 Å². The highest BCUT2D eigenvalue weighted by Crippen LogP contribution is 2.14. The van der Waals surface area contributed by atoms with E-state index in [1.807, 2.05) is 56.3 Å². The summed E-state index contributed by atoms with van der Waals surface area (Å²) < 4.78 is 0. The van der Waals surface area contributed by atoms with Crippen molar-refractivity contribution >= 4 is 17.2 Å². The summed E-state index contributed by atoms with van der Waals surface area (Å²) in [5.41, 5.74) is 3.08. The summed E-state index contributed by atoms with van der Waals surface area (Å²) in [5, 5.41) is 0. The van der Waals surface area contributed by atoms with Gasteiger partial charge in [0.2, 0.25) is 0 Å². The van der Waals surface area contributed by atoms with Crippen LogP contribution in [0, 0.1) is 0 Å². The smallest absolute Gasteiger partial charge is 0.180 e. The van der Waals surface area contributed by atoms with Crippen molar-refractivity contribution in [2.75, 3.05) is 0 Å². The van der Waals surface area contributed by atoms with Crippen LogP contribution in [0.25, 0.3) is 0 Å². The Labute approximate surface area is 119 Å². The molecule has 0 atom stereocenters. The van der Waals surface area contributed by atoms with Crippen molar-refractivity contribution < 1.29 is 4.79 Å². The first kappa shape index (κ1) is 14.1. The number of rotatable bonds is 5. The molecule has 3 nitrogen and oxygen atoms in total. The maximum Gasteiger partial charge on any atom is 0.180 e. The van der Waals surface area contributed by atoms with Gasteiger partial charge in [0.05, 0.1) is 17.1 Å². The third kappa shape index (κ3) is 3.38. The third-order valence-corrected chi connectivity index (χ3v) is 3.01. The number of carbonyl (C=O) groups excluding carboxylic acids is 1. The molecule has 0 saturated carbocycles. The van der Waals surface area contributed by atoms with Crippen LogP contribution < -0.4 is 0 Å². The molecule has 20 heavy (non-hydrogen) atoms. The number of carbonyl (C=O) groups is 1. The molecule has 0 fully saturated rings. The fraction of sp³-hybridized carbons (Fsp3) is 0.235. The summed E-state index contributed by atoms with van der Waals surface area (Å²) in [6, 6.07) is 15.3. The number of hydrogen-bond donors (Lipinski definition) is 0. The highest BCUT2D eigenvalue weighted by molar-refractivity contribution is 6.01. The van der Waals surface area contributed by atoms with E-state index in [0.29, 0.717) is 12.1 Å². The van der Waals surface area contributed by atoms with Gasteiger partial charge in [0.15, 0.2) is 5.78 Å². The Balaban J connectivity index is 2.37. The molecule has 1 aromatic heterocycles. The molecule has 0 aliphatic heterocycles. The maximum absolute atomic E-state index is 11.7. The van der Waals surface area contributed by atoms with Crippen molar-refractivity contribution in [3.05, 3.63) is 59.9 Å². The Morgan fingerprint density at radius 1 is 0.950 bits per heavy atom. The first-order valence-corrected chi connectivity index (χ1v) is 6.87. The van der Waals surface area contributed by atoms with Gasteiger partial charge < -0.3 is 0 Å². The number of hydrogen-bond acceptors (Lipinski definition) is 3. The van der Waals surface area contributed by atoms with E-state index in [-0.39, 0.29) is 5.78 Å². The van der Waals surface area contributed by atoms with Gasteiger partial charge in [-0.2, -0.15) is 0 Å². The van der Waals surface area contributed by atoms with Crippen molar-refractivity contribution in [1.82, 2.24) is 4.98 Å². The number of para-hydroxylation sites is 1. The molecular weight excluding hydrogens is 248 g/mol. The number of Topliss-reactive ketones (excluding diaryl/α,β-unsaturated/α-hetero) is 1. The van der Waals surface area contributed by atoms with Gasteiger partial charge in [-0.25, -0.2) is 4.98 Å². The molecule has 0 unspecified atom stereocenters. The fourth-order valence-corrected chi connectivity index (χ4v) is 1.91. The zero-order valence-corrected chi connectivity index (χ0v) is 11.8. The molecule has 0 saturated heterocycles. The molecule has 1 aromatic carbocycles. The maximum atomic E-state index is 11.7. The lowest BCUT2D eigenvalue weighted by Crippen LogP contribution is -2.07. The number of aliphatic imine (C=N–C) groups is 1. The van der Waals surface area contributed by atoms with Crippen LogP contribution in [-0.4, -0.2) is 16.5 Å². The van der Waals surface area contributed by atoms with Crippen LogP contribution in [-0.2, 0) is 0 Å². The first-order valence-electron chi connectivity index (χ1n) is 6.87. The summed E-state index contributed by atoms with van der Waals surface area (Å²) in [6.07, 6.45) is 1.24. The summed E-state index contributed by atoms with van der Waals surface area (Å²) in [5.74, 6) is 0.0574. The fourth-order valence-electron chi connectivity index (χ4n) is 1.91. The van der Waals surface area contributed by atoms with Gasteiger partial charge in [0.1, 0.15) is 5.69 Å².